The highest BCUT2D eigenvalue weighted by Gasteiger charge is 2.13. The van der Waals surface area contributed by atoms with Crippen molar-refractivity contribution in [1.82, 2.24) is 9.55 Å². The summed E-state index contributed by atoms with van der Waals surface area (Å²) in [7, 11) is 0. The minimum absolute atomic E-state index is 0.00324. The zero-order valence-electron chi connectivity index (χ0n) is 9.56. The SMILES string of the molecule is CCn1ccnc1CC(=O)c1ccccc1Cl. The highest BCUT2D eigenvalue weighted by molar-refractivity contribution is 6.34. The second kappa shape index (κ2) is 5.15. The highest BCUT2D eigenvalue weighted by Crippen LogP contribution is 2.17. The van der Waals surface area contributed by atoms with Crippen LogP contribution >= 0.6 is 11.6 Å². The number of imidazole rings is 1. The van der Waals surface area contributed by atoms with Crippen LogP contribution in [0.25, 0.3) is 0 Å². The molecule has 2 rings (SSSR count). The molecule has 88 valence electrons. The monoisotopic (exact) mass is 248 g/mol. The summed E-state index contributed by atoms with van der Waals surface area (Å²) in [6, 6.07) is 7.09. The van der Waals surface area contributed by atoms with Gasteiger partial charge in [-0.1, -0.05) is 23.7 Å². The first-order valence-electron chi connectivity index (χ1n) is 5.50. The van der Waals surface area contributed by atoms with Crippen molar-refractivity contribution in [2.24, 2.45) is 0 Å². The average Bonchev–Trinajstić information content (AvgIpc) is 2.76. The van der Waals surface area contributed by atoms with Crippen LogP contribution in [0.5, 0.6) is 0 Å². The third-order valence-corrected chi connectivity index (χ3v) is 2.96. The standard InChI is InChI=1S/C13H13ClN2O/c1-2-16-8-7-15-13(16)9-12(17)10-5-3-4-6-11(10)14/h3-8H,2,9H2,1H3. The van der Waals surface area contributed by atoms with Crippen molar-refractivity contribution >= 4 is 17.4 Å². The molecule has 0 aliphatic heterocycles. The van der Waals surface area contributed by atoms with E-state index in [1.54, 1.807) is 18.3 Å². The summed E-state index contributed by atoms with van der Waals surface area (Å²) >= 11 is 5.98. The Morgan fingerprint density at radius 3 is 2.88 bits per heavy atom. The molecule has 0 N–H and O–H groups in total. The lowest BCUT2D eigenvalue weighted by Crippen LogP contribution is -2.10. The molecule has 0 aliphatic rings. The Hall–Kier alpha value is -1.61. The first-order chi connectivity index (χ1) is 8.22. The lowest BCUT2D eigenvalue weighted by molar-refractivity contribution is 0.0990. The van der Waals surface area contributed by atoms with Crippen molar-refractivity contribution in [3.05, 3.63) is 53.1 Å². The van der Waals surface area contributed by atoms with E-state index in [1.807, 2.05) is 29.8 Å². The smallest absolute Gasteiger partial charge is 0.171 e. The van der Waals surface area contributed by atoms with Crippen LogP contribution in [0.15, 0.2) is 36.7 Å². The van der Waals surface area contributed by atoms with Crippen LogP contribution in [-0.4, -0.2) is 15.3 Å². The van der Waals surface area contributed by atoms with Crippen LogP contribution in [0.2, 0.25) is 5.02 Å². The third-order valence-electron chi connectivity index (χ3n) is 2.64. The number of halogens is 1. The van der Waals surface area contributed by atoms with E-state index in [4.69, 9.17) is 11.6 Å². The molecule has 0 radical (unpaired) electrons. The van der Waals surface area contributed by atoms with E-state index < -0.39 is 0 Å². The number of carbonyl (C=O) groups is 1. The van der Waals surface area contributed by atoms with Gasteiger partial charge in [0.05, 0.1) is 11.4 Å². The summed E-state index contributed by atoms with van der Waals surface area (Å²) in [5.41, 5.74) is 0.555. The largest absolute Gasteiger partial charge is 0.335 e. The first kappa shape index (κ1) is 11.9. The minimum Gasteiger partial charge on any atom is -0.335 e. The maximum absolute atomic E-state index is 12.1. The fraction of sp³-hybridized carbons (Fsp3) is 0.231. The van der Waals surface area contributed by atoms with Crippen molar-refractivity contribution < 1.29 is 4.79 Å². The van der Waals surface area contributed by atoms with Gasteiger partial charge in [-0.2, -0.15) is 0 Å². The molecule has 0 unspecified atom stereocenters. The van der Waals surface area contributed by atoms with Crippen LogP contribution < -0.4 is 0 Å². The summed E-state index contributed by atoms with van der Waals surface area (Å²) in [5, 5.41) is 0.493. The van der Waals surface area contributed by atoms with Crippen LogP contribution in [0.1, 0.15) is 23.1 Å². The molecule has 0 atom stereocenters. The second-order valence-electron chi connectivity index (χ2n) is 3.71. The molecule has 1 aromatic heterocycles. The Bertz CT molecular complexity index is 534. The van der Waals surface area contributed by atoms with Gasteiger partial charge in [0, 0.05) is 24.5 Å². The fourth-order valence-corrected chi connectivity index (χ4v) is 1.96. The van der Waals surface area contributed by atoms with Gasteiger partial charge in [-0.15, -0.1) is 0 Å². The molecule has 0 saturated carbocycles. The third kappa shape index (κ3) is 2.56. The van der Waals surface area contributed by atoms with Gasteiger partial charge in [0.15, 0.2) is 5.78 Å². The molecular weight excluding hydrogens is 236 g/mol. The maximum atomic E-state index is 12.1. The average molecular weight is 249 g/mol. The van der Waals surface area contributed by atoms with Crippen LogP contribution in [0, 0.1) is 0 Å². The molecule has 0 aliphatic carbocycles. The number of Topliss-reactive ketones (excluding diaryl/α,β-unsaturated/α-hetero) is 1. The fourth-order valence-electron chi connectivity index (χ4n) is 1.72. The van der Waals surface area contributed by atoms with E-state index in [9.17, 15) is 4.79 Å². The molecule has 0 bridgehead atoms. The number of rotatable bonds is 4. The van der Waals surface area contributed by atoms with Crippen molar-refractivity contribution in [2.45, 2.75) is 19.9 Å². The quantitative estimate of drug-likeness (QED) is 0.780. The molecule has 1 aromatic carbocycles. The van der Waals surface area contributed by atoms with Crippen molar-refractivity contribution in [1.29, 1.82) is 0 Å². The number of nitrogens with zero attached hydrogens (tertiary/aromatic N) is 2. The van der Waals surface area contributed by atoms with E-state index in [-0.39, 0.29) is 12.2 Å². The molecule has 0 spiro atoms. The predicted molar refractivity (Wildman–Crippen MR) is 67.4 cm³/mol. The van der Waals surface area contributed by atoms with Crippen LogP contribution in [0.4, 0.5) is 0 Å². The van der Waals surface area contributed by atoms with E-state index in [0.717, 1.165) is 12.4 Å². The van der Waals surface area contributed by atoms with E-state index in [0.29, 0.717) is 10.6 Å². The number of aromatic nitrogens is 2. The van der Waals surface area contributed by atoms with E-state index in [1.165, 1.54) is 0 Å². The van der Waals surface area contributed by atoms with Crippen molar-refractivity contribution in [3.8, 4) is 0 Å². The summed E-state index contributed by atoms with van der Waals surface area (Å²) in [6.45, 7) is 2.83. The van der Waals surface area contributed by atoms with Gasteiger partial charge in [-0.05, 0) is 19.1 Å². The number of carbonyl (C=O) groups excluding carboxylic acids is 1. The number of hydrogen-bond acceptors (Lipinski definition) is 2. The summed E-state index contributed by atoms with van der Waals surface area (Å²) in [5.74, 6) is 0.772. The zero-order chi connectivity index (χ0) is 12.3. The number of aryl methyl sites for hydroxylation is 1. The van der Waals surface area contributed by atoms with Gasteiger partial charge < -0.3 is 4.57 Å². The molecule has 2 aromatic rings. The molecule has 0 fully saturated rings. The number of ketones is 1. The van der Waals surface area contributed by atoms with Crippen LogP contribution in [0.3, 0.4) is 0 Å². The van der Waals surface area contributed by atoms with Gasteiger partial charge in [0.2, 0.25) is 0 Å². The van der Waals surface area contributed by atoms with Gasteiger partial charge in [0.1, 0.15) is 5.82 Å². The topological polar surface area (TPSA) is 34.9 Å². The van der Waals surface area contributed by atoms with E-state index >= 15 is 0 Å². The minimum atomic E-state index is -0.00324. The van der Waals surface area contributed by atoms with Gasteiger partial charge in [-0.3, -0.25) is 4.79 Å². The Labute approximate surface area is 105 Å². The molecule has 4 heteroatoms. The zero-order valence-corrected chi connectivity index (χ0v) is 10.3. The second-order valence-corrected chi connectivity index (χ2v) is 4.12. The molecule has 0 amide bonds. The first-order valence-corrected chi connectivity index (χ1v) is 5.88. The van der Waals surface area contributed by atoms with Crippen molar-refractivity contribution in [3.63, 3.8) is 0 Å². The van der Waals surface area contributed by atoms with Crippen LogP contribution in [-0.2, 0) is 13.0 Å². The molecular formula is C13H13ClN2O. The molecule has 0 saturated heterocycles. The Morgan fingerprint density at radius 1 is 1.41 bits per heavy atom. The predicted octanol–water partition coefficient (Wildman–Crippen LogP) is 2.98. The number of benzene rings is 1. The Balaban J connectivity index is 2.20. The van der Waals surface area contributed by atoms with Gasteiger partial charge in [0.25, 0.3) is 0 Å². The summed E-state index contributed by atoms with van der Waals surface area (Å²) in [4.78, 5) is 16.2. The summed E-state index contributed by atoms with van der Waals surface area (Å²) in [6.07, 6.45) is 3.86. The Morgan fingerprint density at radius 2 is 2.18 bits per heavy atom. The van der Waals surface area contributed by atoms with Gasteiger partial charge in [-0.25, -0.2) is 4.98 Å². The maximum Gasteiger partial charge on any atom is 0.171 e. The number of hydrogen-bond donors (Lipinski definition) is 0. The molecule has 17 heavy (non-hydrogen) atoms. The van der Waals surface area contributed by atoms with Crippen molar-refractivity contribution in [2.75, 3.05) is 0 Å². The summed E-state index contributed by atoms with van der Waals surface area (Å²) < 4.78 is 1.95. The Kier molecular flexibility index (Phi) is 3.59. The normalized spacial score (nSPS) is 10.5. The lowest BCUT2D eigenvalue weighted by atomic mass is 10.1. The highest BCUT2D eigenvalue weighted by atomic mass is 35.5. The lowest BCUT2D eigenvalue weighted by Gasteiger charge is -2.05. The molecule has 3 nitrogen and oxygen atoms in total. The van der Waals surface area contributed by atoms with Gasteiger partial charge >= 0.3 is 0 Å². The molecule has 1 heterocycles. The van der Waals surface area contributed by atoms with E-state index in [2.05, 4.69) is 4.98 Å².